The van der Waals surface area contributed by atoms with Crippen molar-refractivity contribution in [3.05, 3.63) is 0 Å². The summed E-state index contributed by atoms with van der Waals surface area (Å²) in [5, 5.41) is 3.35. The number of hydrogen-bond acceptors (Lipinski definition) is 4. The Hall–Kier alpha value is -0.360. The SMILES string of the molecule is CC(C)CCCOC(=S)N[C@@]1(C)CCS(=O)(=O)C1. The molecule has 0 aliphatic carbocycles. The zero-order valence-electron chi connectivity index (χ0n) is 11.4. The molecule has 0 aromatic rings. The Morgan fingerprint density at radius 2 is 2.17 bits per heavy atom. The van der Waals surface area contributed by atoms with Crippen LogP contribution in [0.1, 0.15) is 40.0 Å². The van der Waals surface area contributed by atoms with Crippen molar-refractivity contribution in [1.29, 1.82) is 0 Å². The molecule has 106 valence electrons. The van der Waals surface area contributed by atoms with E-state index in [2.05, 4.69) is 19.2 Å². The second-order valence-electron chi connectivity index (χ2n) is 5.70. The third-order valence-corrected chi connectivity index (χ3v) is 5.19. The Balaban J connectivity index is 2.28. The number of thiocarbonyl (C=S) groups is 1. The number of rotatable bonds is 5. The lowest BCUT2D eigenvalue weighted by Gasteiger charge is -2.25. The maximum absolute atomic E-state index is 11.4. The highest BCUT2D eigenvalue weighted by Crippen LogP contribution is 2.22. The van der Waals surface area contributed by atoms with Gasteiger partial charge in [0.15, 0.2) is 9.84 Å². The van der Waals surface area contributed by atoms with Gasteiger partial charge in [0.1, 0.15) is 0 Å². The van der Waals surface area contributed by atoms with Crippen molar-refractivity contribution in [2.45, 2.75) is 45.6 Å². The standard InChI is InChI=1S/C12H23NO3S2/c1-10(2)5-4-7-16-11(17)13-12(3)6-8-18(14,15)9-12/h10H,4-9H2,1-3H3,(H,13,17)/t12-/m0/s1. The first-order valence-corrected chi connectivity index (χ1v) is 8.61. The first-order valence-electron chi connectivity index (χ1n) is 6.38. The molecule has 0 bridgehead atoms. The third kappa shape index (κ3) is 5.52. The van der Waals surface area contributed by atoms with E-state index < -0.39 is 15.4 Å². The average molecular weight is 293 g/mol. The molecule has 0 amide bonds. The summed E-state index contributed by atoms with van der Waals surface area (Å²) in [6.07, 6.45) is 2.66. The van der Waals surface area contributed by atoms with Gasteiger partial charge in [0.25, 0.3) is 5.17 Å². The summed E-state index contributed by atoms with van der Waals surface area (Å²) in [4.78, 5) is 0. The normalized spacial score (nSPS) is 26.2. The molecule has 0 aromatic heterocycles. The highest BCUT2D eigenvalue weighted by Gasteiger charge is 2.39. The van der Waals surface area contributed by atoms with E-state index in [0.29, 0.717) is 24.1 Å². The van der Waals surface area contributed by atoms with Crippen LogP contribution in [-0.2, 0) is 14.6 Å². The Bertz CT molecular complexity index is 392. The van der Waals surface area contributed by atoms with Gasteiger partial charge in [0.05, 0.1) is 23.7 Å². The van der Waals surface area contributed by atoms with Crippen LogP contribution in [0.15, 0.2) is 0 Å². The first-order chi connectivity index (χ1) is 8.22. The molecule has 0 radical (unpaired) electrons. The lowest BCUT2D eigenvalue weighted by atomic mass is 10.0. The summed E-state index contributed by atoms with van der Waals surface area (Å²) in [7, 11) is -2.91. The minimum Gasteiger partial charge on any atom is -0.471 e. The second kappa shape index (κ2) is 6.19. The summed E-state index contributed by atoms with van der Waals surface area (Å²) < 4.78 is 28.3. The summed E-state index contributed by atoms with van der Waals surface area (Å²) in [6, 6.07) is 0. The number of hydrogen-bond donors (Lipinski definition) is 1. The lowest BCUT2D eigenvalue weighted by Crippen LogP contribution is -2.47. The number of sulfone groups is 1. The minimum absolute atomic E-state index is 0.134. The van der Waals surface area contributed by atoms with Crippen LogP contribution in [0.25, 0.3) is 0 Å². The summed E-state index contributed by atoms with van der Waals surface area (Å²) >= 11 is 5.09. The van der Waals surface area contributed by atoms with E-state index in [9.17, 15) is 8.42 Å². The monoisotopic (exact) mass is 293 g/mol. The highest BCUT2D eigenvalue weighted by atomic mass is 32.2. The second-order valence-corrected chi connectivity index (χ2v) is 8.25. The van der Waals surface area contributed by atoms with Gasteiger partial charge in [-0.3, -0.25) is 0 Å². The van der Waals surface area contributed by atoms with Crippen LogP contribution in [0.3, 0.4) is 0 Å². The zero-order chi connectivity index (χ0) is 13.8. The Labute approximate surface area is 115 Å². The van der Waals surface area contributed by atoms with Crippen LogP contribution in [-0.4, -0.2) is 37.2 Å². The van der Waals surface area contributed by atoms with E-state index in [1.807, 2.05) is 6.92 Å². The van der Waals surface area contributed by atoms with Gasteiger partial charge in [-0.15, -0.1) is 0 Å². The molecule has 0 unspecified atom stereocenters. The lowest BCUT2D eigenvalue weighted by molar-refractivity contribution is 0.267. The topological polar surface area (TPSA) is 55.4 Å². The molecule has 1 heterocycles. The van der Waals surface area contributed by atoms with Crippen molar-refractivity contribution in [2.24, 2.45) is 5.92 Å². The van der Waals surface area contributed by atoms with Crippen LogP contribution in [0, 0.1) is 5.92 Å². The largest absolute Gasteiger partial charge is 0.471 e. The van der Waals surface area contributed by atoms with Gasteiger partial charge < -0.3 is 10.1 Å². The molecule has 1 N–H and O–H groups in total. The maximum atomic E-state index is 11.4. The van der Waals surface area contributed by atoms with Gasteiger partial charge >= 0.3 is 0 Å². The molecule has 0 saturated carbocycles. The van der Waals surface area contributed by atoms with Crippen molar-refractivity contribution in [2.75, 3.05) is 18.1 Å². The molecule has 1 aliphatic heterocycles. The van der Waals surface area contributed by atoms with E-state index in [4.69, 9.17) is 17.0 Å². The summed E-state index contributed by atoms with van der Waals surface area (Å²) in [6.45, 7) is 6.80. The van der Waals surface area contributed by atoms with Crippen molar-refractivity contribution in [3.8, 4) is 0 Å². The molecule has 1 fully saturated rings. The van der Waals surface area contributed by atoms with E-state index >= 15 is 0 Å². The van der Waals surface area contributed by atoms with Gasteiger partial charge in [-0.1, -0.05) is 13.8 Å². The molecule has 18 heavy (non-hydrogen) atoms. The molecular formula is C12H23NO3S2. The van der Waals surface area contributed by atoms with Gasteiger partial charge in [-0.2, -0.15) is 0 Å². The van der Waals surface area contributed by atoms with E-state index in [0.717, 1.165) is 12.8 Å². The molecule has 1 rings (SSSR count). The smallest absolute Gasteiger partial charge is 0.257 e. The van der Waals surface area contributed by atoms with Crippen LogP contribution in [0.4, 0.5) is 0 Å². The predicted octanol–water partition coefficient (Wildman–Crippen LogP) is 1.89. The Kier molecular flexibility index (Phi) is 5.40. The molecule has 1 aliphatic rings. The van der Waals surface area contributed by atoms with E-state index in [-0.39, 0.29) is 11.5 Å². The van der Waals surface area contributed by atoms with Crippen LogP contribution < -0.4 is 5.32 Å². The maximum Gasteiger partial charge on any atom is 0.257 e. The predicted molar refractivity (Wildman–Crippen MR) is 77.4 cm³/mol. The minimum atomic E-state index is -2.91. The third-order valence-electron chi connectivity index (χ3n) is 3.07. The Morgan fingerprint density at radius 3 is 2.67 bits per heavy atom. The fourth-order valence-electron chi connectivity index (χ4n) is 2.05. The van der Waals surface area contributed by atoms with Crippen LogP contribution in [0.2, 0.25) is 0 Å². The molecule has 0 spiro atoms. The fourth-order valence-corrected chi connectivity index (χ4v) is 4.47. The van der Waals surface area contributed by atoms with Crippen LogP contribution in [0.5, 0.6) is 0 Å². The fraction of sp³-hybridized carbons (Fsp3) is 0.917. The van der Waals surface area contributed by atoms with Crippen LogP contribution >= 0.6 is 12.2 Å². The zero-order valence-corrected chi connectivity index (χ0v) is 13.0. The molecule has 0 aromatic carbocycles. The van der Waals surface area contributed by atoms with Gasteiger partial charge in [-0.25, -0.2) is 8.42 Å². The van der Waals surface area contributed by atoms with Gasteiger partial charge in [-0.05, 0) is 44.3 Å². The van der Waals surface area contributed by atoms with Gasteiger partial charge in [0, 0.05) is 0 Å². The average Bonchev–Trinajstić information content (AvgIpc) is 2.47. The van der Waals surface area contributed by atoms with Crippen molar-refractivity contribution < 1.29 is 13.2 Å². The number of nitrogens with one attached hydrogen (secondary N) is 1. The molecule has 1 saturated heterocycles. The Morgan fingerprint density at radius 1 is 1.50 bits per heavy atom. The van der Waals surface area contributed by atoms with Crippen molar-refractivity contribution >= 4 is 27.2 Å². The molecule has 1 atom stereocenters. The quantitative estimate of drug-likeness (QED) is 0.620. The summed E-state index contributed by atoms with van der Waals surface area (Å²) in [5.74, 6) is 1.02. The van der Waals surface area contributed by atoms with E-state index in [1.54, 1.807) is 0 Å². The first kappa shape index (κ1) is 15.7. The number of ether oxygens (including phenoxy) is 1. The van der Waals surface area contributed by atoms with Gasteiger partial charge in [0.2, 0.25) is 0 Å². The molecule has 4 nitrogen and oxygen atoms in total. The van der Waals surface area contributed by atoms with Crippen molar-refractivity contribution in [1.82, 2.24) is 5.32 Å². The highest BCUT2D eigenvalue weighted by molar-refractivity contribution is 7.91. The molecule has 6 heteroatoms. The molecular weight excluding hydrogens is 270 g/mol. The summed E-state index contributed by atoms with van der Waals surface area (Å²) in [5.41, 5.74) is -0.464. The van der Waals surface area contributed by atoms with Crippen molar-refractivity contribution in [3.63, 3.8) is 0 Å². The van der Waals surface area contributed by atoms with E-state index in [1.165, 1.54) is 0 Å².